The van der Waals surface area contributed by atoms with E-state index in [4.69, 9.17) is 21.3 Å². The van der Waals surface area contributed by atoms with Crippen molar-refractivity contribution in [1.82, 2.24) is 19.7 Å². The Balaban J connectivity index is 1.42. The Morgan fingerprint density at radius 1 is 1.18 bits per heavy atom. The Labute approximate surface area is 238 Å². The standard InChI is InChI=1S/C30H34ClN5O2S/c1-19-15-32-26-14-24(18-36-27(37)11-20(16-33-36)7-10-38-3)39-30(26)28(19)25-13-22(31)12-21-5-4-8-35(29(21)25)23-6-9-34(2)17-23/h11-16,23H,4-10,17-18H2,1-3H3/t23-/m0/s1. The van der Waals surface area contributed by atoms with Crippen LogP contribution in [0.2, 0.25) is 5.02 Å². The van der Waals surface area contributed by atoms with E-state index in [0.717, 1.165) is 63.7 Å². The summed E-state index contributed by atoms with van der Waals surface area (Å²) >= 11 is 8.44. The largest absolute Gasteiger partial charge is 0.384 e. The van der Waals surface area contributed by atoms with Gasteiger partial charge in [-0.2, -0.15) is 5.10 Å². The number of pyridine rings is 1. The van der Waals surface area contributed by atoms with Gasteiger partial charge in [0, 0.05) is 65.2 Å². The molecule has 0 unspecified atom stereocenters. The summed E-state index contributed by atoms with van der Waals surface area (Å²) < 4.78 is 7.78. The molecule has 4 aromatic rings. The average molecular weight is 564 g/mol. The van der Waals surface area contributed by atoms with Crippen LogP contribution in [0, 0.1) is 6.92 Å². The zero-order valence-corrected chi connectivity index (χ0v) is 24.3. The number of hydrogen-bond acceptors (Lipinski definition) is 7. The second-order valence-corrected chi connectivity index (χ2v) is 12.4. The van der Waals surface area contributed by atoms with Crippen LogP contribution in [0.5, 0.6) is 0 Å². The van der Waals surface area contributed by atoms with Gasteiger partial charge in [-0.25, -0.2) is 4.68 Å². The van der Waals surface area contributed by atoms with Crippen LogP contribution in [-0.4, -0.2) is 66.1 Å². The van der Waals surface area contributed by atoms with Gasteiger partial charge in [-0.3, -0.25) is 9.78 Å². The smallest absolute Gasteiger partial charge is 0.267 e. The van der Waals surface area contributed by atoms with Gasteiger partial charge >= 0.3 is 0 Å². The minimum Gasteiger partial charge on any atom is -0.384 e. The number of likely N-dealkylation sites (N-methyl/N-ethyl adjacent to an activating group) is 1. The van der Waals surface area contributed by atoms with E-state index in [0.29, 0.717) is 25.6 Å². The molecule has 3 aromatic heterocycles. The quantitative estimate of drug-likeness (QED) is 0.309. The van der Waals surface area contributed by atoms with Crippen molar-refractivity contribution >= 4 is 38.8 Å². The predicted octanol–water partition coefficient (Wildman–Crippen LogP) is 5.18. The van der Waals surface area contributed by atoms with Gasteiger partial charge in [-0.1, -0.05) is 11.6 Å². The van der Waals surface area contributed by atoms with Crippen LogP contribution in [0.15, 0.2) is 41.5 Å². The maximum Gasteiger partial charge on any atom is 0.267 e. The first-order valence-corrected chi connectivity index (χ1v) is 14.8. The van der Waals surface area contributed by atoms with Crippen LogP contribution in [0.1, 0.15) is 34.4 Å². The molecule has 0 radical (unpaired) electrons. The van der Waals surface area contributed by atoms with E-state index in [1.807, 2.05) is 6.20 Å². The highest BCUT2D eigenvalue weighted by molar-refractivity contribution is 7.19. The van der Waals surface area contributed by atoms with E-state index in [9.17, 15) is 4.79 Å². The summed E-state index contributed by atoms with van der Waals surface area (Å²) in [6.07, 6.45) is 7.76. The molecular formula is C30H34ClN5O2S. The molecule has 6 rings (SSSR count). The van der Waals surface area contributed by atoms with E-state index in [-0.39, 0.29) is 5.56 Å². The Morgan fingerprint density at radius 3 is 2.82 bits per heavy atom. The fraction of sp³-hybridized carbons (Fsp3) is 0.433. The van der Waals surface area contributed by atoms with Crippen LogP contribution >= 0.6 is 22.9 Å². The molecule has 0 spiro atoms. The maximum absolute atomic E-state index is 12.8. The molecular weight excluding hydrogens is 530 g/mol. The van der Waals surface area contributed by atoms with Crippen molar-refractivity contribution in [2.45, 2.75) is 45.2 Å². The van der Waals surface area contributed by atoms with Gasteiger partial charge < -0.3 is 14.5 Å². The topological polar surface area (TPSA) is 63.5 Å². The first-order chi connectivity index (χ1) is 18.9. The molecule has 5 heterocycles. The number of methoxy groups -OCH3 is 1. The number of benzene rings is 1. The third kappa shape index (κ3) is 5.23. The Kier molecular flexibility index (Phi) is 7.46. The number of hydrogen-bond donors (Lipinski definition) is 0. The van der Waals surface area contributed by atoms with E-state index in [1.165, 1.54) is 33.5 Å². The molecule has 9 heteroatoms. The lowest BCUT2D eigenvalue weighted by Crippen LogP contribution is -2.41. The molecule has 0 amide bonds. The fourth-order valence-corrected chi connectivity index (χ4v) is 7.53. The second kappa shape index (κ2) is 11.0. The highest BCUT2D eigenvalue weighted by Gasteiger charge is 2.32. The van der Waals surface area contributed by atoms with Gasteiger partial charge in [0.2, 0.25) is 0 Å². The molecule has 2 aliphatic rings. The van der Waals surface area contributed by atoms with E-state index < -0.39 is 0 Å². The molecule has 0 saturated carbocycles. The minimum absolute atomic E-state index is 0.105. The third-order valence-electron chi connectivity index (χ3n) is 7.97. The van der Waals surface area contributed by atoms with Gasteiger partial charge in [0.1, 0.15) is 0 Å². The monoisotopic (exact) mass is 563 g/mol. The number of anilines is 1. The van der Waals surface area contributed by atoms with Crippen LogP contribution in [0.25, 0.3) is 21.3 Å². The maximum atomic E-state index is 12.8. The zero-order chi connectivity index (χ0) is 27.1. The summed E-state index contributed by atoms with van der Waals surface area (Å²) in [7, 11) is 3.87. The molecule has 0 aliphatic carbocycles. The normalized spacial score (nSPS) is 17.7. The summed E-state index contributed by atoms with van der Waals surface area (Å²) in [5, 5.41) is 5.21. The predicted molar refractivity (Wildman–Crippen MR) is 160 cm³/mol. The number of nitrogens with zero attached hydrogens (tertiary/aromatic N) is 5. The molecule has 7 nitrogen and oxygen atoms in total. The average Bonchev–Trinajstić information content (AvgIpc) is 3.53. The third-order valence-corrected chi connectivity index (χ3v) is 9.32. The first kappa shape index (κ1) is 26.4. The van der Waals surface area contributed by atoms with Gasteiger partial charge in [0.05, 0.1) is 29.6 Å². The SMILES string of the molecule is COCCc1cnn(Cc2cc3ncc(C)c(-c4cc(Cl)cc5c4N([C@H]4CCN(C)C4)CCC5)c3s2)c(=O)c1. The number of fused-ring (bicyclic) bond motifs is 2. The van der Waals surface area contributed by atoms with Gasteiger partial charge in [0.15, 0.2) is 0 Å². The van der Waals surface area contributed by atoms with Crippen LogP contribution in [0.4, 0.5) is 5.69 Å². The van der Waals surface area contributed by atoms with Crippen molar-refractivity contribution in [3.63, 3.8) is 0 Å². The van der Waals surface area contributed by atoms with Crippen molar-refractivity contribution in [3.05, 3.63) is 73.6 Å². The summed E-state index contributed by atoms with van der Waals surface area (Å²) in [5.41, 5.74) is 7.92. The molecule has 39 heavy (non-hydrogen) atoms. The van der Waals surface area contributed by atoms with Crippen molar-refractivity contribution in [2.75, 3.05) is 45.3 Å². The molecule has 1 fully saturated rings. The summed E-state index contributed by atoms with van der Waals surface area (Å²) in [6, 6.07) is 8.56. The van der Waals surface area contributed by atoms with Crippen molar-refractivity contribution in [1.29, 1.82) is 0 Å². The van der Waals surface area contributed by atoms with Crippen molar-refractivity contribution < 1.29 is 4.74 Å². The fourth-order valence-electron chi connectivity index (χ4n) is 6.08. The highest BCUT2D eigenvalue weighted by atomic mass is 35.5. The zero-order valence-electron chi connectivity index (χ0n) is 22.7. The van der Waals surface area contributed by atoms with E-state index >= 15 is 0 Å². The van der Waals surface area contributed by atoms with Crippen LogP contribution < -0.4 is 10.5 Å². The molecule has 0 bridgehead atoms. The molecule has 1 aromatic carbocycles. The number of thiophene rings is 1. The minimum atomic E-state index is -0.105. The van der Waals surface area contributed by atoms with Gasteiger partial charge in [-0.15, -0.1) is 11.3 Å². The molecule has 1 atom stereocenters. The molecule has 2 aliphatic heterocycles. The lowest BCUT2D eigenvalue weighted by atomic mass is 9.91. The van der Waals surface area contributed by atoms with Gasteiger partial charge in [-0.05, 0) is 81.1 Å². The lowest BCUT2D eigenvalue weighted by Gasteiger charge is -2.38. The number of rotatable bonds is 7. The highest BCUT2D eigenvalue weighted by Crippen LogP contribution is 2.46. The number of halogens is 1. The van der Waals surface area contributed by atoms with Crippen molar-refractivity contribution in [2.24, 2.45) is 0 Å². The Hall–Kier alpha value is -2.78. The van der Waals surface area contributed by atoms with Crippen LogP contribution in [-0.2, 0) is 24.1 Å². The molecule has 0 N–H and O–H groups in total. The summed E-state index contributed by atoms with van der Waals surface area (Å²) in [6.45, 7) is 6.40. The second-order valence-electron chi connectivity index (χ2n) is 10.8. The Morgan fingerprint density at radius 2 is 2.05 bits per heavy atom. The summed E-state index contributed by atoms with van der Waals surface area (Å²) in [5.74, 6) is 0. The Bertz CT molecular complexity index is 1580. The van der Waals surface area contributed by atoms with Crippen LogP contribution in [0.3, 0.4) is 0 Å². The molecule has 1 saturated heterocycles. The summed E-state index contributed by atoms with van der Waals surface area (Å²) in [4.78, 5) is 23.7. The van der Waals surface area contributed by atoms with E-state index in [1.54, 1.807) is 30.7 Å². The first-order valence-electron chi connectivity index (χ1n) is 13.6. The van der Waals surface area contributed by atoms with E-state index in [2.05, 4.69) is 47.1 Å². The number of aromatic nitrogens is 3. The molecule has 204 valence electrons. The number of likely N-dealkylation sites (tertiary alicyclic amines) is 1. The van der Waals surface area contributed by atoms with Crippen molar-refractivity contribution in [3.8, 4) is 11.1 Å². The number of ether oxygens (including phenoxy) is 1. The lowest BCUT2D eigenvalue weighted by molar-refractivity contribution is 0.202. The van der Waals surface area contributed by atoms with Gasteiger partial charge in [0.25, 0.3) is 5.56 Å². The number of aryl methyl sites for hydroxylation is 2.